The van der Waals surface area contributed by atoms with Crippen LogP contribution in [0.1, 0.15) is 66.3 Å². The molecule has 1 aromatic carbocycles. The average molecular weight is 699 g/mol. The number of carbonyl (C=O) groups is 1. The van der Waals surface area contributed by atoms with Crippen LogP contribution in [-0.2, 0) is 34.4 Å². The fourth-order valence-corrected chi connectivity index (χ4v) is 9.47. The predicted octanol–water partition coefficient (Wildman–Crippen LogP) is 5.78. The van der Waals surface area contributed by atoms with Crippen molar-refractivity contribution in [2.75, 3.05) is 7.11 Å². The van der Waals surface area contributed by atoms with Crippen molar-refractivity contribution in [1.29, 1.82) is 0 Å². The van der Waals surface area contributed by atoms with Crippen molar-refractivity contribution >= 4 is 21.9 Å². The van der Waals surface area contributed by atoms with Crippen LogP contribution in [0.5, 0.6) is 0 Å². The van der Waals surface area contributed by atoms with E-state index < -0.39 is 56.5 Å². The van der Waals surface area contributed by atoms with Gasteiger partial charge in [-0.1, -0.05) is 5.57 Å². The van der Waals surface area contributed by atoms with E-state index in [-0.39, 0.29) is 30.0 Å². The molecule has 0 unspecified atom stereocenters. The van der Waals surface area contributed by atoms with Crippen molar-refractivity contribution in [3.63, 3.8) is 0 Å². The van der Waals surface area contributed by atoms with E-state index >= 15 is 0 Å². The van der Waals surface area contributed by atoms with Crippen LogP contribution >= 0.6 is 0 Å². The van der Waals surface area contributed by atoms with Crippen LogP contribution in [0, 0.1) is 11.2 Å². The van der Waals surface area contributed by atoms with E-state index in [4.69, 9.17) is 4.74 Å². The number of ether oxygens (including phenoxy) is 1. The molecule has 15 heteroatoms. The molecular formula is C34H34F4N6O4S. The molecule has 0 bridgehead atoms. The van der Waals surface area contributed by atoms with Crippen LogP contribution in [0.25, 0.3) is 11.8 Å². The van der Waals surface area contributed by atoms with Gasteiger partial charge in [0, 0.05) is 38.6 Å². The minimum absolute atomic E-state index is 0.00300. The number of hydrogen-bond donors (Lipinski definition) is 0. The predicted molar refractivity (Wildman–Crippen MR) is 170 cm³/mol. The lowest BCUT2D eigenvalue weighted by Gasteiger charge is -2.53. The number of methoxy groups -OCH3 is 1. The van der Waals surface area contributed by atoms with Crippen molar-refractivity contribution < 1.29 is 35.5 Å². The molecule has 3 heterocycles. The number of halogens is 4. The second-order valence-corrected chi connectivity index (χ2v) is 15.2. The fourth-order valence-electron chi connectivity index (χ4n) is 7.68. The summed E-state index contributed by atoms with van der Waals surface area (Å²) in [4.78, 5) is 18.8. The lowest BCUT2D eigenvalue weighted by atomic mass is 9.60. The molecule has 0 amide bonds. The Balaban J connectivity index is 1.34. The summed E-state index contributed by atoms with van der Waals surface area (Å²) in [5.41, 5.74) is -0.779. The maximum absolute atomic E-state index is 14.7. The Kier molecular flexibility index (Phi) is 7.95. The van der Waals surface area contributed by atoms with Gasteiger partial charge >= 0.3 is 6.18 Å². The van der Waals surface area contributed by atoms with Crippen molar-refractivity contribution in [3.05, 3.63) is 95.0 Å². The van der Waals surface area contributed by atoms with Gasteiger partial charge in [0.2, 0.25) is 0 Å². The number of aryl methyl sites for hydroxylation is 1. The molecule has 0 radical (unpaired) electrons. The van der Waals surface area contributed by atoms with E-state index in [1.807, 2.05) is 13.0 Å². The zero-order valence-corrected chi connectivity index (χ0v) is 27.8. The van der Waals surface area contributed by atoms with Gasteiger partial charge in [0.25, 0.3) is 10.0 Å². The summed E-state index contributed by atoms with van der Waals surface area (Å²) in [6.45, 7) is 1.91. The molecule has 3 aliphatic rings. The summed E-state index contributed by atoms with van der Waals surface area (Å²) in [5.74, 6) is -1.04. The van der Waals surface area contributed by atoms with Gasteiger partial charge in [-0.15, -0.1) is 0 Å². The molecule has 0 saturated heterocycles. The number of ketones is 1. The topological polar surface area (TPSA) is 112 Å². The highest BCUT2D eigenvalue weighted by Gasteiger charge is 2.56. The maximum Gasteiger partial charge on any atom is 0.416 e. The zero-order valence-electron chi connectivity index (χ0n) is 27.0. The SMILES string of the molecule is COC1(C)CC(N([C@H]2CCC3=Cc4c(cnn4-c4ccc(F)cc4)C[C@]3(C(=O)c3cc(C(F)(F)F)ccn3)C2)S(=O)(=O)c2ccn(C)n2)C1. The number of aromatic nitrogens is 5. The number of Topliss-reactive ketones (excluding diaryl/α,β-unsaturated/α-hetero) is 1. The molecule has 3 aliphatic carbocycles. The molecule has 4 aromatic rings. The Morgan fingerprint density at radius 1 is 1.08 bits per heavy atom. The number of rotatable bonds is 8. The second kappa shape index (κ2) is 11.7. The highest BCUT2D eigenvalue weighted by molar-refractivity contribution is 7.89. The minimum atomic E-state index is -4.70. The van der Waals surface area contributed by atoms with Gasteiger partial charge in [0.05, 0.1) is 34.2 Å². The molecule has 2 atom stereocenters. The van der Waals surface area contributed by atoms with Gasteiger partial charge in [-0.25, -0.2) is 17.5 Å². The van der Waals surface area contributed by atoms with Gasteiger partial charge in [0.15, 0.2) is 10.8 Å². The van der Waals surface area contributed by atoms with E-state index in [0.29, 0.717) is 41.8 Å². The van der Waals surface area contributed by atoms with Crippen LogP contribution in [0.2, 0.25) is 0 Å². The number of carbonyl (C=O) groups excluding carboxylic acids is 1. The molecule has 3 aromatic heterocycles. The smallest absolute Gasteiger partial charge is 0.378 e. The van der Waals surface area contributed by atoms with Crippen molar-refractivity contribution in [1.82, 2.24) is 28.9 Å². The number of sulfonamides is 1. The van der Waals surface area contributed by atoms with Crippen molar-refractivity contribution in [3.8, 4) is 5.69 Å². The molecule has 2 saturated carbocycles. The van der Waals surface area contributed by atoms with E-state index in [1.54, 1.807) is 43.4 Å². The number of benzene rings is 1. The highest BCUT2D eigenvalue weighted by Crippen LogP contribution is 2.53. The lowest BCUT2D eigenvalue weighted by Crippen LogP contribution is -2.61. The lowest BCUT2D eigenvalue weighted by molar-refractivity contribution is -0.137. The monoisotopic (exact) mass is 698 g/mol. The van der Waals surface area contributed by atoms with Crippen LogP contribution in [0.4, 0.5) is 17.6 Å². The number of hydrogen-bond acceptors (Lipinski definition) is 7. The van der Waals surface area contributed by atoms with Gasteiger partial charge in [-0.05, 0) is 99.6 Å². The van der Waals surface area contributed by atoms with Crippen LogP contribution < -0.4 is 0 Å². The molecule has 2 fully saturated rings. The van der Waals surface area contributed by atoms with Crippen molar-refractivity contribution in [2.45, 2.75) is 74.3 Å². The van der Waals surface area contributed by atoms with E-state index in [9.17, 15) is 30.8 Å². The summed E-state index contributed by atoms with van der Waals surface area (Å²) in [6, 6.07) is 7.61. The highest BCUT2D eigenvalue weighted by atomic mass is 32.2. The Morgan fingerprint density at radius 3 is 2.47 bits per heavy atom. The van der Waals surface area contributed by atoms with Crippen LogP contribution in [0.15, 0.2) is 71.7 Å². The third-order valence-corrected chi connectivity index (χ3v) is 12.1. The number of allylic oxidation sites excluding steroid dienone is 1. The Morgan fingerprint density at radius 2 is 1.82 bits per heavy atom. The first-order valence-corrected chi connectivity index (χ1v) is 17.3. The molecule has 49 heavy (non-hydrogen) atoms. The van der Waals surface area contributed by atoms with Gasteiger partial charge in [-0.2, -0.15) is 27.7 Å². The number of nitrogens with zero attached hydrogens (tertiary/aromatic N) is 6. The summed E-state index contributed by atoms with van der Waals surface area (Å²) in [5, 5.41) is 8.59. The first-order valence-electron chi connectivity index (χ1n) is 15.8. The fraction of sp³-hybridized carbons (Fsp3) is 0.412. The molecule has 258 valence electrons. The van der Waals surface area contributed by atoms with Crippen LogP contribution in [-0.4, -0.2) is 67.8 Å². The molecular weight excluding hydrogens is 664 g/mol. The van der Waals surface area contributed by atoms with Gasteiger partial charge in [0.1, 0.15) is 11.5 Å². The Bertz CT molecular complexity index is 2070. The first-order chi connectivity index (χ1) is 23.1. The first kappa shape index (κ1) is 33.3. The minimum Gasteiger partial charge on any atom is -0.378 e. The average Bonchev–Trinajstić information content (AvgIpc) is 3.68. The van der Waals surface area contributed by atoms with Gasteiger partial charge in [-0.3, -0.25) is 14.5 Å². The van der Waals surface area contributed by atoms with Gasteiger partial charge < -0.3 is 4.74 Å². The number of pyridine rings is 1. The molecule has 0 N–H and O–H groups in total. The van der Waals surface area contributed by atoms with E-state index in [0.717, 1.165) is 18.3 Å². The standard InChI is InChI=1S/C34H34F4N6O4S/c1-32(48-3)17-27(18-32)44(49(46,47)30-11-13-42(2)41-30)26-7-4-22-15-29-21(20-40-43(29)25-8-5-24(35)6-9-25)16-33(22,19-26)31(45)28-14-23(10-12-39-28)34(36,37)38/h5-6,8-15,20,26-27H,4,7,16-19H2,1-3H3/t26-,27?,32?,33-/m0/s1. The Labute approximate surface area is 280 Å². The molecule has 0 aliphatic heterocycles. The second-order valence-electron chi connectivity index (χ2n) is 13.4. The molecule has 0 spiro atoms. The largest absolute Gasteiger partial charge is 0.416 e. The third-order valence-electron chi connectivity index (χ3n) is 10.2. The summed E-state index contributed by atoms with van der Waals surface area (Å²) in [6.07, 6.45) is 2.73. The number of alkyl halides is 3. The summed E-state index contributed by atoms with van der Waals surface area (Å²) in [7, 11) is -0.977. The van der Waals surface area contributed by atoms with E-state index in [1.165, 1.54) is 27.2 Å². The number of fused-ring (bicyclic) bond motifs is 2. The quantitative estimate of drug-likeness (QED) is 0.170. The summed E-state index contributed by atoms with van der Waals surface area (Å²) >= 11 is 0. The molecule has 7 rings (SSSR count). The van der Waals surface area contributed by atoms with Crippen LogP contribution in [0.3, 0.4) is 0 Å². The maximum atomic E-state index is 14.7. The normalized spacial score (nSPS) is 25.3. The van der Waals surface area contributed by atoms with E-state index in [2.05, 4.69) is 15.2 Å². The molecule has 10 nitrogen and oxygen atoms in total. The summed E-state index contributed by atoms with van der Waals surface area (Å²) < 4.78 is 94.0. The third kappa shape index (κ3) is 5.70. The van der Waals surface area contributed by atoms with Crippen molar-refractivity contribution in [2.24, 2.45) is 12.5 Å². The Hall–Kier alpha value is -4.21. The zero-order chi connectivity index (χ0) is 34.9.